The van der Waals surface area contributed by atoms with Crippen LogP contribution in [0.25, 0.3) is 5.82 Å². The van der Waals surface area contributed by atoms with E-state index in [1.54, 1.807) is 10.9 Å². The first-order valence-electron chi connectivity index (χ1n) is 9.15. The highest BCUT2D eigenvalue weighted by atomic mass is 16.1. The van der Waals surface area contributed by atoms with Gasteiger partial charge in [0.1, 0.15) is 0 Å². The molecule has 0 spiro atoms. The summed E-state index contributed by atoms with van der Waals surface area (Å²) in [6.07, 6.45) is 5.37. The Morgan fingerprint density at radius 2 is 2.00 bits per heavy atom. The summed E-state index contributed by atoms with van der Waals surface area (Å²) in [6, 6.07) is 13.6. The van der Waals surface area contributed by atoms with Crippen LogP contribution in [0.5, 0.6) is 0 Å². The van der Waals surface area contributed by atoms with E-state index in [0.29, 0.717) is 12.4 Å². The van der Waals surface area contributed by atoms with E-state index in [9.17, 15) is 4.79 Å². The minimum Gasteiger partial charge on any atom is -0.354 e. The summed E-state index contributed by atoms with van der Waals surface area (Å²) < 4.78 is 1.67. The predicted molar refractivity (Wildman–Crippen MR) is 104 cm³/mol. The number of amides is 1. The third kappa shape index (κ3) is 3.97. The maximum atomic E-state index is 12.7. The summed E-state index contributed by atoms with van der Waals surface area (Å²) in [5, 5.41) is 15.8. The highest BCUT2D eigenvalue weighted by Crippen LogP contribution is 2.23. The van der Waals surface area contributed by atoms with Crippen LogP contribution in [0, 0.1) is 12.8 Å². The van der Waals surface area contributed by atoms with Gasteiger partial charge in [-0.3, -0.25) is 4.79 Å². The molecule has 1 saturated heterocycles. The second kappa shape index (κ2) is 7.57. The number of nitrogens with zero attached hydrogens (tertiary/aromatic N) is 5. The zero-order valence-electron chi connectivity index (χ0n) is 15.2. The van der Waals surface area contributed by atoms with Crippen LogP contribution in [0.1, 0.15) is 18.4 Å². The van der Waals surface area contributed by atoms with E-state index in [2.05, 4.69) is 25.5 Å². The standard InChI is InChI=1S/C20H22N6O/c1-15-5-2-7-17(13-15)22-20(27)16-6-3-11-25(14-16)18-8-9-19(24-23-18)26-12-4-10-21-26/h2,4-5,7-10,12-13,16H,3,6,11,14H2,1H3,(H,22,27). The second-order valence-electron chi connectivity index (χ2n) is 6.84. The zero-order valence-corrected chi connectivity index (χ0v) is 15.2. The lowest BCUT2D eigenvalue weighted by Gasteiger charge is -2.32. The molecule has 0 radical (unpaired) electrons. The summed E-state index contributed by atoms with van der Waals surface area (Å²) in [5.41, 5.74) is 1.98. The van der Waals surface area contributed by atoms with Gasteiger partial charge in [0.2, 0.25) is 5.91 Å². The topological polar surface area (TPSA) is 75.9 Å². The Bertz CT molecular complexity index is 906. The van der Waals surface area contributed by atoms with Crippen molar-refractivity contribution in [1.82, 2.24) is 20.0 Å². The molecule has 4 rings (SSSR count). The van der Waals surface area contributed by atoms with Crippen LogP contribution in [-0.4, -0.2) is 39.0 Å². The van der Waals surface area contributed by atoms with E-state index in [4.69, 9.17) is 0 Å². The first kappa shape index (κ1) is 17.2. The van der Waals surface area contributed by atoms with Gasteiger partial charge < -0.3 is 10.2 Å². The molecule has 1 N–H and O–H groups in total. The van der Waals surface area contributed by atoms with Crippen LogP contribution in [0.15, 0.2) is 54.9 Å². The van der Waals surface area contributed by atoms with Gasteiger partial charge in [0.25, 0.3) is 0 Å². The van der Waals surface area contributed by atoms with Crippen molar-refractivity contribution in [1.29, 1.82) is 0 Å². The molecule has 0 aliphatic carbocycles. The lowest BCUT2D eigenvalue weighted by atomic mass is 9.97. The smallest absolute Gasteiger partial charge is 0.229 e. The van der Waals surface area contributed by atoms with Gasteiger partial charge in [-0.15, -0.1) is 10.2 Å². The van der Waals surface area contributed by atoms with E-state index in [1.807, 2.05) is 55.6 Å². The molecule has 7 heteroatoms. The number of carbonyl (C=O) groups is 1. The van der Waals surface area contributed by atoms with Crippen molar-refractivity contribution in [3.8, 4) is 5.82 Å². The molecule has 1 aliphatic heterocycles. The molecule has 1 fully saturated rings. The second-order valence-corrected chi connectivity index (χ2v) is 6.84. The lowest BCUT2D eigenvalue weighted by Crippen LogP contribution is -2.41. The molecule has 0 bridgehead atoms. The van der Waals surface area contributed by atoms with Crippen LogP contribution in [-0.2, 0) is 4.79 Å². The summed E-state index contributed by atoms with van der Waals surface area (Å²) in [6.45, 7) is 3.54. The summed E-state index contributed by atoms with van der Waals surface area (Å²) in [5.74, 6) is 1.46. The number of nitrogens with one attached hydrogen (secondary N) is 1. The van der Waals surface area contributed by atoms with Gasteiger partial charge in [0.05, 0.1) is 5.92 Å². The molecule has 3 heterocycles. The number of hydrogen-bond acceptors (Lipinski definition) is 5. The van der Waals surface area contributed by atoms with Crippen molar-refractivity contribution in [2.75, 3.05) is 23.3 Å². The van der Waals surface area contributed by atoms with Crippen LogP contribution in [0.4, 0.5) is 11.5 Å². The summed E-state index contributed by atoms with van der Waals surface area (Å²) in [4.78, 5) is 14.8. The number of aromatic nitrogens is 4. The third-order valence-corrected chi connectivity index (χ3v) is 4.78. The van der Waals surface area contributed by atoms with Gasteiger partial charge >= 0.3 is 0 Å². The Balaban J connectivity index is 1.42. The highest BCUT2D eigenvalue weighted by Gasteiger charge is 2.26. The number of piperidine rings is 1. The molecule has 138 valence electrons. The van der Waals surface area contributed by atoms with E-state index in [-0.39, 0.29) is 11.8 Å². The molecular formula is C20H22N6O. The number of benzene rings is 1. The highest BCUT2D eigenvalue weighted by molar-refractivity contribution is 5.93. The van der Waals surface area contributed by atoms with Crippen LogP contribution in [0.3, 0.4) is 0 Å². The normalized spacial score (nSPS) is 16.9. The molecule has 1 unspecified atom stereocenters. The Hall–Kier alpha value is -3.22. The van der Waals surface area contributed by atoms with E-state index < -0.39 is 0 Å². The zero-order chi connectivity index (χ0) is 18.6. The van der Waals surface area contributed by atoms with Gasteiger partial charge in [-0.25, -0.2) is 4.68 Å². The molecule has 1 aromatic carbocycles. The van der Waals surface area contributed by atoms with Crippen molar-refractivity contribution in [3.63, 3.8) is 0 Å². The fraction of sp³-hybridized carbons (Fsp3) is 0.300. The fourth-order valence-electron chi connectivity index (χ4n) is 3.38. The summed E-state index contributed by atoms with van der Waals surface area (Å²) in [7, 11) is 0. The molecule has 1 aliphatic rings. The van der Waals surface area contributed by atoms with E-state index >= 15 is 0 Å². The fourth-order valence-corrected chi connectivity index (χ4v) is 3.38. The number of aryl methyl sites for hydroxylation is 1. The average Bonchev–Trinajstić information content (AvgIpc) is 3.23. The summed E-state index contributed by atoms with van der Waals surface area (Å²) >= 11 is 0. The van der Waals surface area contributed by atoms with Gasteiger partial charge in [-0.05, 0) is 55.7 Å². The third-order valence-electron chi connectivity index (χ3n) is 4.78. The van der Waals surface area contributed by atoms with Crippen molar-refractivity contribution in [2.45, 2.75) is 19.8 Å². The Labute approximate surface area is 158 Å². The van der Waals surface area contributed by atoms with Crippen molar-refractivity contribution >= 4 is 17.4 Å². The van der Waals surface area contributed by atoms with Gasteiger partial charge in [0.15, 0.2) is 11.6 Å². The van der Waals surface area contributed by atoms with Crippen LogP contribution >= 0.6 is 0 Å². The molecular weight excluding hydrogens is 340 g/mol. The van der Waals surface area contributed by atoms with Gasteiger partial charge in [0, 0.05) is 31.2 Å². The van der Waals surface area contributed by atoms with Crippen molar-refractivity contribution < 1.29 is 4.79 Å². The Morgan fingerprint density at radius 3 is 2.74 bits per heavy atom. The SMILES string of the molecule is Cc1cccc(NC(=O)C2CCCN(c3ccc(-n4cccn4)nn3)C2)c1. The molecule has 7 nitrogen and oxygen atoms in total. The van der Waals surface area contributed by atoms with Crippen molar-refractivity contribution in [3.05, 3.63) is 60.4 Å². The first-order chi connectivity index (χ1) is 13.2. The maximum absolute atomic E-state index is 12.7. The van der Waals surface area contributed by atoms with Gasteiger partial charge in [-0.2, -0.15) is 5.10 Å². The molecule has 3 aromatic rings. The minimum atomic E-state index is -0.0631. The number of carbonyl (C=O) groups excluding carboxylic acids is 1. The van der Waals surface area contributed by atoms with E-state index in [1.165, 1.54) is 0 Å². The Kier molecular flexibility index (Phi) is 4.82. The number of hydrogen-bond donors (Lipinski definition) is 1. The van der Waals surface area contributed by atoms with Gasteiger partial charge in [-0.1, -0.05) is 12.1 Å². The molecule has 1 amide bonds. The Morgan fingerprint density at radius 1 is 1.15 bits per heavy atom. The molecule has 0 saturated carbocycles. The predicted octanol–water partition coefficient (Wildman–Crippen LogP) is 2.83. The van der Waals surface area contributed by atoms with Crippen LogP contribution < -0.4 is 10.2 Å². The maximum Gasteiger partial charge on any atom is 0.229 e. The van der Waals surface area contributed by atoms with E-state index in [0.717, 1.165) is 36.5 Å². The molecule has 1 atom stereocenters. The first-order valence-corrected chi connectivity index (χ1v) is 9.15. The quantitative estimate of drug-likeness (QED) is 0.772. The minimum absolute atomic E-state index is 0.0615. The average molecular weight is 362 g/mol. The largest absolute Gasteiger partial charge is 0.354 e. The lowest BCUT2D eigenvalue weighted by molar-refractivity contribution is -0.120. The van der Waals surface area contributed by atoms with Crippen LogP contribution in [0.2, 0.25) is 0 Å². The molecule has 27 heavy (non-hydrogen) atoms. The van der Waals surface area contributed by atoms with Crippen molar-refractivity contribution in [2.24, 2.45) is 5.92 Å². The number of rotatable bonds is 4. The molecule has 2 aromatic heterocycles. The number of anilines is 2. The monoisotopic (exact) mass is 362 g/mol.